The van der Waals surface area contributed by atoms with Crippen molar-refractivity contribution in [3.63, 3.8) is 0 Å². The van der Waals surface area contributed by atoms with E-state index in [-0.39, 0.29) is 72.0 Å². The molecule has 0 aromatic heterocycles. The second-order valence-corrected chi connectivity index (χ2v) is 1.00. The molecule has 0 amide bonds. The van der Waals surface area contributed by atoms with Crippen LogP contribution in [-0.4, -0.2) is 0 Å². The quantitative estimate of drug-likeness (QED) is 0.308. The topological polar surface area (TPSA) is 0 Å². The summed E-state index contributed by atoms with van der Waals surface area (Å²) in [5.74, 6) is 0. The number of halogens is 4. The Balaban J connectivity index is -0.0000000167. The van der Waals surface area contributed by atoms with E-state index in [0.717, 1.165) is 6.42 Å². The Morgan fingerprint density at radius 2 is 1.50 bits per heavy atom. The van der Waals surface area contributed by atoms with Crippen molar-refractivity contribution in [3.8, 4) is 0 Å². The Bertz CT molecular complexity index is 71.7. The van der Waals surface area contributed by atoms with Gasteiger partial charge in [0.1, 0.15) is 0 Å². The van der Waals surface area contributed by atoms with Crippen LogP contribution in [0.25, 0.3) is 0 Å². The molecule has 10 heavy (non-hydrogen) atoms. The molecule has 0 aromatic rings. The second kappa shape index (κ2) is 22.4. The van der Waals surface area contributed by atoms with Gasteiger partial charge in [0.15, 0.2) is 0 Å². The van der Waals surface area contributed by atoms with E-state index in [1.807, 2.05) is 12.2 Å². The summed E-state index contributed by atoms with van der Waals surface area (Å²) in [6, 6.07) is 0. The Labute approximate surface area is 102 Å². The zero-order chi connectivity index (χ0) is 3.54. The third kappa shape index (κ3) is 16.2. The van der Waals surface area contributed by atoms with Crippen LogP contribution in [0.3, 0.4) is 0 Å². The molecular formula is C5H5Cl4Nb. The molecule has 0 spiro atoms. The van der Waals surface area contributed by atoms with Gasteiger partial charge < -0.3 is 49.6 Å². The molecule has 0 bridgehead atoms. The molecule has 1 aliphatic carbocycles. The smallest absolute Gasteiger partial charge is 1.00 e. The monoisotopic (exact) mass is 298 g/mol. The van der Waals surface area contributed by atoms with Gasteiger partial charge in [0, 0.05) is 0 Å². The number of rotatable bonds is 0. The maximum Gasteiger partial charge on any atom is 5.00 e. The standard InChI is InChI=1S/C5H5.4ClH.Nb/c1-2-4-5-3-1;;;;;/h1-3H,4H2;4*1H;/q-1;;;;;+5/p-4. The molecule has 0 radical (unpaired) electrons. The zero-order valence-corrected chi connectivity index (χ0v) is 10.1. The summed E-state index contributed by atoms with van der Waals surface area (Å²) in [4.78, 5) is 0. The van der Waals surface area contributed by atoms with E-state index in [1.165, 1.54) is 0 Å². The van der Waals surface area contributed by atoms with Crippen LogP contribution in [-0.2, 0) is 22.4 Å². The van der Waals surface area contributed by atoms with E-state index in [2.05, 4.69) is 12.2 Å². The fraction of sp³-hybridized carbons (Fsp3) is 0.200. The maximum atomic E-state index is 2.99. The molecule has 5 heteroatoms. The minimum atomic E-state index is 0. The molecule has 0 N–H and O–H groups in total. The van der Waals surface area contributed by atoms with Crippen LogP contribution >= 0.6 is 0 Å². The third-order valence-corrected chi connectivity index (χ3v) is 0.586. The number of hydrogen-bond acceptors (Lipinski definition) is 0. The van der Waals surface area contributed by atoms with Crippen LogP contribution in [0.15, 0.2) is 18.2 Å². The largest absolute Gasteiger partial charge is 5.00 e. The van der Waals surface area contributed by atoms with Crippen molar-refractivity contribution >= 4 is 0 Å². The van der Waals surface area contributed by atoms with Crippen molar-refractivity contribution in [1.82, 2.24) is 0 Å². The van der Waals surface area contributed by atoms with Gasteiger partial charge in [-0.25, -0.2) is 12.2 Å². The van der Waals surface area contributed by atoms with Gasteiger partial charge in [0.25, 0.3) is 0 Å². The third-order valence-electron chi connectivity index (χ3n) is 0.586. The van der Waals surface area contributed by atoms with Crippen LogP contribution in [0.4, 0.5) is 0 Å². The summed E-state index contributed by atoms with van der Waals surface area (Å²) in [6.45, 7) is 0. The van der Waals surface area contributed by atoms with Gasteiger partial charge >= 0.3 is 22.4 Å². The first-order valence-electron chi connectivity index (χ1n) is 1.72. The molecule has 0 saturated carbocycles. The minimum Gasteiger partial charge on any atom is -1.00 e. The van der Waals surface area contributed by atoms with Gasteiger partial charge in [-0.05, 0) is 0 Å². The first kappa shape index (κ1) is 30.1. The van der Waals surface area contributed by atoms with Crippen molar-refractivity contribution in [2.24, 2.45) is 0 Å². The van der Waals surface area contributed by atoms with Gasteiger partial charge in [-0.2, -0.15) is 6.08 Å². The molecule has 0 unspecified atom stereocenters. The van der Waals surface area contributed by atoms with E-state index in [0.29, 0.717) is 0 Å². The minimum absolute atomic E-state index is 0. The zero-order valence-electron chi connectivity index (χ0n) is 4.90. The van der Waals surface area contributed by atoms with Crippen LogP contribution in [0.2, 0.25) is 0 Å². The van der Waals surface area contributed by atoms with Gasteiger partial charge in [0.2, 0.25) is 0 Å². The molecule has 1 aliphatic rings. The SMILES string of the molecule is [C-]1=CC=CC1.[Cl-].[Cl-].[Cl-].[Cl-].[Nb+5]. The van der Waals surface area contributed by atoms with Gasteiger partial charge in [-0.15, -0.1) is 6.42 Å². The molecule has 0 aliphatic heterocycles. The van der Waals surface area contributed by atoms with Crippen LogP contribution in [0.5, 0.6) is 0 Å². The molecule has 0 aromatic carbocycles. The van der Waals surface area contributed by atoms with Crippen LogP contribution in [0.1, 0.15) is 6.42 Å². The predicted octanol–water partition coefficient (Wildman–Crippen LogP) is -10.7. The Morgan fingerprint density at radius 3 is 1.60 bits per heavy atom. The van der Waals surface area contributed by atoms with Gasteiger partial charge in [-0.3, -0.25) is 6.08 Å². The summed E-state index contributed by atoms with van der Waals surface area (Å²) >= 11 is 0. The first-order valence-corrected chi connectivity index (χ1v) is 1.72. The molecule has 0 heterocycles. The fourth-order valence-electron chi connectivity index (χ4n) is 0.340. The average Bonchev–Trinajstić information content (AvgIpc) is 1.76. The maximum absolute atomic E-state index is 2.99. The molecule has 0 nitrogen and oxygen atoms in total. The Kier molecular flexibility index (Phi) is 67.6. The molecule has 1 rings (SSSR count). The van der Waals surface area contributed by atoms with E-state index >= 15 is 0 Å². The summed E-state index contributed by atoms with van der Waals surface area (Å²) < 4.78 is 0. The van der Waals surface area contributed by atoms with E-state index in [9.17, 15) is 0 Å². The van der Waals surface area contributed by atoms with E-state index in [1.54, 1.807) is 0 Å². The van der Waals surface area contributed by atoms with Gasteiger partial charge in [0.05, 0.1) is 0 Å². The number of hydrogen-bond donors (Lipinski definition) is 0. The summed E-state index contributed by atoms with van der Waals surface area (Å²) in [5, 5.41) is 0. The van der Waals surface area contributed by atoms with Crippen molar-refractivity contribution in [2.75, 3.05) is 0 Å². The van der Waals surface area contributed by atoms with Crippen molar-refractivity contribution in [1.29, 1.82) is 0 Å². The molecule has 0 saturated heterocycles. The molecule has 0 atom stereocenters. The molecule has 58 valence electrons. The second-order valence-electron chi connectivity index (χ2n) is 1.00. The van der Waals surface area contributed by atoms with Crippen molar-refractivity contribution in [2.45, 2.75) is 6.42 Å². The average molecular weight is 300 g/mol. The van der Waals surface area contributed by atoms with Crippen molar-refractivity contribution in [3.05, 3.63) is 24.3 Å². The van der Waals surface area contributed by atoms with Crippen molar-refractivity contribution < 1.29 is 72.0 Å². The summed E-state index contributed by atoms with van der Waals surface area (Å²) in [7, 11) is 0. The van der Waals surface area contributed by atoms with Crippen LogP contribution in [0, 0.1) is 6.08 Å². The molecular weight excluding hydrogens is 295 g/mol. The van der Waals surface area contributed by atoms with Crippen LogP contribution < -0.4 is 49.6 Å². The number of allylic oxidation sites excluding steroid dienone is 4. The normalized spacial score (nSPS) is 8.80. The Hall–Kier alpha value is 1.38. The van der Waals surface area contributed by atoms with Gasteiger partial charge in [-0.1, -0.05) is 0 Å². The van der Waals surface area contributed by atoms with E-state index in [4.69, 9.17) is 0 Å². The first-order chi connectivity index (χ1) is 2.50. The summed E-state index contributed by atoms with van der Waals surface area (Å²) in [5.41, 5.74) is 0. The Morgan fingerprint density at radius 1 is 1.00 bits per heavy atom. The fourth-order valence-corrected chi connectivity index (χ4v) is 0.340. The predicted molar refractivity (Wildman–Crippen MR) is 21.6 cm³/mol. The summed E-state index contributed by atoms with van der Waals surface area (Å²) in [6.07, 6.45) is 10.0. The van der Waals surface area contributed by atoms with E-state index < -0.39 is 0 Å². The molecule has 0 fully saturated rings.